The average Bonchev–Trinajstić information content (AvgIpc) is 3.66. The van der Waals surface area contributed by atoms with Crippen LogP contribution in [0.4, 0.5) is 0 Å². The summed E-state index contributed by atoms with van der Waals surface area (Å²) < 4.78 is 4.47. The number of fused-ring (bicyclic) bond motifs is 6. The van der Waals surface area contributed by atoms with Crippen molar-refractivity contribution in [2.24, 2.45) is 0 Å². The van der Waals surface area contributed by atoms with Crippen molar-refractivity contribution < 1.29 is 0 Å². The Hall–Kier alpha value is -6.62. The summed E-state index contributed by atoms with van der Waals surface area (Å²) in [6, 6.07) is 52.9. The number of rotatable bonds is 5. The van der Waals surface area contributed by atoms with E-state index in [4.69, 9.17) is 0 Å². The van der Waals surface area contributed by atoms with E-state index in [-0.39, 0.29) is 0 Å². The van der Waals surface area contributed by atoms with E-state index < -0.39 is 0 Å². The first-order valence-corrected chi connectivity index (χ1v) is 16.0. The van der Waals surface area contributed by atoms with Gasteiger partial charge < -0.3 is 9.13 Å². The van der Waals surface area contributed by atoms with Crippen molar-refractivity contribution in [2.45, 2.75) is 13.8 Å². The minimum atomic E-state index is 0.616. The predicted octanol–water partition coefficient (Wildman–Crippen LogP) is 11.3. The Kier molecular flexibility index (Phi) is 6.98. The Morgan fingerprint density at radius 3 is 1.67 bits per heavy atom. The van der Waals surface area contributed by atoms with E-state index in [2.05, 4.69) is 131 Å². The highest BCUT2D eigenvalue weighted by atomic mass is 15.0. The van der Waals surface area contributed by atoms with Crippen LogP contribution in [-0.2, 0) is 0 Å². The highest BCUT2D eigenvalue weighted by Gasteiger charge is 2.19. The molecular formula is C44H30N4. The lowest BCUT2D eigenvalue weighted by molar-refractivity contribution is 1.17. The number of nitriles is 2. The molecule has 0 saturated carbocycles. The molecule has 0 bridgehead atoms. The maximum atomic E-state index is 10.7. The van der Waals surface area contributed by atoms with Crippen molar-refractivity contribution in [3.8, 4) is 29.0 Å². The summed E-state index contributed by atoms with van der Waals surface area (Å²) in [6.45, 7) is 3.95. The summed E-state index contributed by atoms with van der Waals surface area (Å²) in [5.74, 6) is 0. The molecule has 4 heteroatoms. The topological polar surface area (TPSA) is 57.4 Å². The number of hydrogen-bond donors (Lipinski definition) is 0. The van der Waals surface area contributed by atoms with E-state index in [1.807, 2.05) is 49.4 Å². The first-order chi connectivity index (χ1) is 23.6. The molecule has 0 aliphatic rings. The van der Waals surface area contributed by atoms with Gasteiger partial charge in [-0.25, -0.2) is 0 Å². The molecule has 2 heterocycles. The van der Waals surface area contributed by atoms with E-state index in [9.17, 15) is 10.5 Å². The summed E-state index contributed by atoms with van der Waals surface area (Å²) in [6.07, 6.45) is 1.98. The predicted molar refractivity (Wildman–Crippen MR) is 199 cm³/mol. The SMILES string of the molecule is C/C(=C(\C=C(/C)C#N)n1c2ccccc2c2ccccc21)c1cccc(-c2cccc(-n3c4ccccc4c4ccccc43)c2C#N)c1. The molecule has 0 amide bonds. The second-order valence-corrected chi connectivity index (χ2v) is 12.1. The summed E-state index contributed by atoms with van der Waals surface area (Å²) in [7, 11) is 0. The molecule has 0 spiro atoms. The maximum Gasteiger partial charge on any atom is 0.102 e. The van der Waals surface area contributed by atoms with Crippen molar-refractivity contribution in [2.75, 3.05) is 0 Å². The van der Waals surface area contributed by atoms with Crippen LogP contribution in [0.3, 0.4) is 0 Å². The molecule has 0 radical (unpaired) electrons. The van der Waals surface area contributed by atoms with Crippen LogP contribution in [0.5, 0.6) is 0 Å². The van der Waals surface area contributed by atoms with Crippen molar-refractivity contribution >= 4 is 54.9 Å². The number of para-hydroxylation sites is 4. The molecule has 0 aliphatic heterocycles. The Morgan fingerprint density at radius 2 is 1.10 bits per heavy atom. The number of allylic oxidation sites excluding steroid dienone is 4. The zero-order chi connectivity index (χ0) is 32.8. The third kappa shape index (κ3) is 4.51. The van der Waals surface area contributed by atoms with Gasteiger partial charge in [0, 0.05) is 32.7 Å². The lowest BCUT2D eigenvalue weighted by atomic mass is 9.94. The smallest absolute Gasteiger partial charge is 0.102 e. The van der Waals surface area contributed by atoms with Crippen molar-refractivity contribution in [3.63, 3.8) is 0 Å². The summed E-state index contributed by atoms with van der Waals surface area (Å²) >= 11 is 0. The van der Waals surface area contributed by atoms with E-state index in [0.717, 1.165) is 77.3 Å². The van der Waals surface area contributed by atoms with Gasteiger partial charge in [0.05, 0.1) is 45.1 Å². The standard InChI is InChI=1S/C44H30N4/c1-29(27-45)25-44(48-41-22-9-5-17-36(41)37-18-6-10-23-42(37)48)30(2)31-13-11-14-32(26-31)33-19-12-24-43(38(33)28-46)47-39-20-7-3-15-34(39)35-16-4-8-21-40(35)47/h3-26H,1-2H3/b29-25+,44-30-. The van der Waals surface area contributed by atoms with Gasteiger partial charge >= 0.3 is 0 Å². The number of hydrogen-bond acceptors (Lipinski definition) is 2. The minimum absolute atomic E-state index is 0.616. The fraction of sp³-hybridized carbons (Fsp3) is 0.0455. The molecule has 0 fully saturated rings. The van der Waals surface area contributed by atoms with Crippen LogP contribution in [0.1, 0.15) is 25.0 Å². The normalized spacial score (nSPS) is 12.4. The minimum Gasteiger partial charge on any atom is -0.309 e. The third-order valence-electron chi connectivity index (χ3n) is 9.32. The monoisotopic (exact) mass is 614 g/mol. The summed E-state index contributed by atoms with van der Waals surface area (Å²) in [4.78, 5) is 0. The van der Waals surface area contributed by atoms with Gasteiger partial charge in [0.15, 0.2) is 0 Å². The molecule has 4 nitrogen and oxygen atoms in total. The molecule has 8 rings (SSSR count). The van der Waals surface area contributed by atoms with Crippen LogP contribution in [0.2, 0.25) is 0 Å². The zero-order valence-electron chi connectivity index (χ0n) is 26.6. The van der Waals surface area contributed by atoms with E-state index in [1.54, 1.807) is 0 Å². The Balaban J connectivity index is 1.35. The molecule has 48 heavy (non-hydrogen) atoms. The molecule has 226 valence electrons. The van der Waals surface area contributed by atoms with Gasteiger partial charge in [-0.05, 0) is 73.0 Å². The quantitative estimate of drug-likeness (QED) is 0.143. The Bertz CT molecular complexity index is 2610. The van der Waals surface area contributed by atoms with E-state index in [1.165, 1.54) is 0 Å². The highest BCUT2D eigenvalue weighted by molar-refractivity contribution is 6.12. The van der Waals surface area contributed by atoms with Gasteiger partial charge in [0.2, 0.25) is 0 Å². The van der Waals surface area contributed by atoms with Crippen molar-refractivity contribution in [3.05, 3.63) is 162 Å². The number of nitrogens with zero attached hydrogens (tertiary/aromatic N) is 4. The van der Waals surface area contributed by atoms with Gasteiger partial charge in [-0.3, -0.25) is 0 Å². The fourth-order valence-corrected chi connectivity index (χ4v) is 7.09. The van der Waals surface area contributed by atoms with Crippen LogP contribution >= 0.6 is 0 Å². The lowest BCUT2D eigenvalue weighted by Gasteiger charge is -2.16. The second kappa shape index (κ2) is 11.6. The average molecular weight is 615 g/mol. The molecule has 0 N–H and O–H groups in total. The Morgan fingerprint density at radius 1 is 0.583 bits per heavy atom. The molecule has 2 aromatic heterocycles. The van der Waals surface area contributed by atoms with Crippen molar-refractivity contribution in [1.82, 2.24) is 9.13 Å². The first kappa shape index (κ1) is 28.8. The van der Waals surface area contributed by atoms with Crippen LogP contribution in [-0.4, -0.2) is 9.13 Å². The highest BCUT2D eigenvalue weighted by Crippen LogP contribution is 2.38. The van der Waals surface area contributed by atoms with Gasteiger partial charge in [-0.1, -0.05) is 103 Å². The molecule has 8 aromatic rings. The molecule has 0 unspecified atom stereocenters. The van der Waals surface area contributed by atoms with Crippen LogP contribution in [0.15, 0.2) is 151 Å². The van der Waals surface area contributed by atoms with Gasteiger partial charge in [0.25, 0.3) is 0 Å². The largest absolute Gasteiger partial charge is 0.309 e. The molecule has 0 atom stereocenters. The van der Waals surface area contributed by atoms with Crippen LogP contribution in [0.25, 0.3) is 71.7 Å². The molecule has 0 saturated heterocycles. The van der Waals surface area contributed by atoms with Crippen molar-refractivity contribution in [1.29, 1.82) is 10.5 Å². The second-order valence-electron chi connectivity index (χ2n) is 12.1. The van der Waals surface area contributed by atoms with Gasteiger partial charge in [0.1, 0.15) is 6.07 Å². The van der Waals surface area contributed by atoms with E-state index >= 15 is 0 Å². The number of benzene rings is 6. The van der Waals surface area contributed by atoms with E-state index in [0.29, 0.717) is 11.1 Å². The molecule has 0 aliphatic carbocycles. The first-order valence-electron chi connectivity index (χ1n) is 16.0. The van der Waals surface area contributed by atoms with Crippen LogP contribution in [0, 0.1) is 22.7 Å². The van der Waals surface area contributed by atoms with Gasteiger partial charge in [-0.2, -0.15) is 10.5 Å². The Labute approximate surface area is 278 Å². The third-order valence-corrected chi connectivity index (χ3v) is 9.32. The van der Waals surface area contributed by atoms with Gasteiger partial charge in [-0.15, -0.1) is 0 Å². The maximum absolute atomic E-state index is 10.7. The lowest BCUT2D eigenvalue weighted by Crippen LogP contribution is -2.00. The molecular weight excluding hydrogens is 585 g/mol. The summed E-state index contributed by atoms with van der Waals surface area (Å²) in [5.41, 5.74) is 11.2. The van der Waals surface area contributed by atoms with Crippen LogP contribution < -0.4 is 0 Å². The zero-order valence-corrected chi connectivity index (χ0v) is 26.6. The number of aromatic nitrogens is 2. The molecule has 6 aromatic carbocycles. The fourth-order valence-electron chi connectivity index (χ4n) is 7.09. The summed E-state index contributed by atoms with van der Waals surface area (Å²) in [5, 5.41) is 25.2.